The van der Waals surface area contributed by atoms with Gasteiger partial charge in [-0.15, -0.1) is 0 Å². The van der Waals surface area contributed by atoms with Gasteiger partial charge in [0.15, 0.2) is 5.65 Å². The summed E-state index contributed by atoms with van der Waals surface area (Å²) in [4.78, 5) is 30.2. The summed E-state index contributed by atoms with van der Waals surface area (Å²) in [7, 11) is 0. The minimum Gasteiger partial charge on any atom is -0.349 e. The molecular weight excluding hydrogens is 533 g/mol. The molecule has 0 aliphatic heterocycles. The third-order valence-corrected chi connectivity index (χ3v) is 9.47. The van der Waals surface area contributed by atoms with E-state index in [9.17, 15) is 31.5 Å². The van der Waals surface area contributed by atoms with Crippen LogP contribution in [0.25, 0.3) is 5.65 Å². The lowest BCUT2D eigenvalue weighted by Crippen LogP contribution is -2.39. The van der Waals surface area contributed by atoms with Gasteiger partial charge in [0.25, 0.3) is 0 Å². The van der Waals surface area contributed by atoms with Gasteiger partial charge in [0.1, 0.15) is 0 Å². The van der Waals surface area contributed by atoms with Crippen LogP contribution in [0, 0.1) is 23.2 Å². The summed E-state index contributed by atoms with van der Waals surface area (Å²) in [5.41, 5.74) is 1.79. The number of hydrogen-bond acceptors (Lipinski definition) is 4. The van der Waals surface area contributed by atoms with Gasteiger partial charge >= 0.3 is 6.18 Å². The predicted molar refractivity (Wildman–Crippen MR) is 134 cm³/mol. The summed E-state index contributed by atoms with van der Waals surface area (Å²) in [5.74, 6) is -3.51. The summed E-state index contributed by atoms with van der Waals surface area (Å²) >= 11 is 0. The molecule has 0 aromatic carbocycles. The normalized spacial score (nSPS) is 25.3. The summed E-state index contributed by atoms with van der Waals surface area (Å²) < 4.78 is 67.2. The Balaban J connectivity index is 1.22. The van der Waals surface area contributed by atoms with E-state index in [2.05, 4.69) is 15.7 Å². The van der Waals surface area contributed by atoms with E-state index in [-0.39, 0.29) is 54.8 Å². The molecule has 0 radical (unpaired) electrons. The second kappa shape index (κ2) is 9.94. The number of nitrogens with zero attached hydrogens (tertiary/aromatic N) is 3. The largest absolute Gasteiger partial charge is 0.389 e. The van der Waals surface area contributed by atoms with Crippen LogP contribution in [-0.2, 0) is 9.59 Å². The number of fused-ring (bicyclic) bond motifs is 1. The number of imidazole rings is 1. The molecular formula is C28H34F5N5O2. The van der Waals surface area contributed by atoms with E-state index in [0.29, 0.717) is 16.9 Å². The third kappa shape index (κ3) is 5.81. The lowest BCUT2D eigenvalue weighted by Gasteiger charge is -2.34. The summed E-state index contributed by atoms with van der Waals surface area (Å²) in [5, 5.41) is 10.3. The van der Waals surface area contributed by atoms with Gasteiger partial charge < -0.3 is 10.6 Å². The zero-order valence-electron chi connectivity index (χ0n) is 22.2. The highest BCUT2D eigenvalue weighted by Gasteiger charge is 2.61. The summed E-state index contributed by atoms with van der Waals surface area (Å²) in [6.07, 6.45) is 2.95. The molecule has 7 nitrogen and oxygen atoms in total. The number of hydrogen-bond donors (Lipinski definition) is 2. The molecule has 218 valence electrons. The Kier molecular flexibility index (Phi) is 6.80. The first-order valence-corrected chi connectivity index (χ1v) is 14.3. The molecule has 4 aliphatic carbocycles. The first kappa shape index (κ1) is 27.4. The number of amides is 2. The second-order valence-electron chi connectivity index (χ2n) is 12.4. The molecule has 4 fully saturated rings. The Bertz CT molecular complexity index is 1280. The first-order chi connectivity index (χ1) is 18.9. The highest BCUT2D eigenvalue weighted by atomic mass is 19.4. The topological polar surface area (TPSA) is 88.4 Å². The minimum absolute atomic E-state index is 0.0317. The van der Waals surface area contributed by atoms with E-state index in [1.807, 2.05) is 0 Å². The molecule has 2 amide bonds. The highest BCUT2D eigenvalue weighted by molar-refractivity contribution is 5.83. The van der Waals surface area contributed by atoms with Gasteiger partial charge in [-0.25, -0.2) is 18.3 Å². The molecule has 6 rings (SSSR count). The van der Waals surface area contributed by atoms with Gasteiger partial charge in [0.2, 0.25) is 17.7 Å². The van der Waals surface area contributed by atoms with Crippen molar-refractivity contribution in [3.05, 3.63) is 29.7 Å². The van der Waals surface area contributed by atoms with Crippen molar-refractivity contribution in [2.75, 3.05) is 0 Å². The third-order valence-electron chi connectivity index (χ3n) is 9.47. The molecule has 40 heavy (non-hydrogen) atoms. The number of alkyl halides is 5. The van der Waals surface area contributed by atoms with Crippen LogP contribution in [0.3, 0.4) is 0 Å². The molecule has 4 saturated carbocycles. The Hall–Kier alpha value is -2.79. The van der Waals surface area contributed by atoms with Crippen molar-refractivity contribution in [2.45, 2.75) is 101 Å². The van der Waals surface area contributed by atoms with Crippen LogP contribution in [-0.4, -0.2) is 38.5 Å². The lowest BCUT2D eigenvalue weighted by atomic mass is 9.79. The molecule has 1 spiro atoms. The number of aromatic nitrogens is 3. The molecule has 4 aliphatic rings. The van der Waals surface area contributed by atoms with E-state index >= 15 is 0 Å². The summed E-state index contributed by atoms with van der Waals surface area (Å²) in [6, 6.07) is 0.762. The molecule has 0 unspecified atom stereocenters. The maximum atomic E-state index is 14.0. The standard InChI is InChI=1S/C28H34F5N5O2/c29-27(30)9-4-17(5-10-27)24(37-25(40)19-13-26(19)7-1-8-26)20-15-38-21(35-20)12-18(14-34-38)23(16-2-3-16)36-22(39)6-11-28(31,32)33/h12,14-17,19,23-24H,1-11,13H2,(H,36,39)(H,37,40)/t19-,23+,24-/m0/s1. The smallest absolute Gasteiger partial charge is 0.349 e. The van der Waals surface area contributed by atoms with E-state index in [1.165, 1.54) is 0 Å². The Morgan fingerprint density at radius 2 is 1.73 bits per heavy atom. The fourth-order valence-electron chi connectivity index (χ4n) is 6.62. The Morgan fingerprint density at radius 1 is 1.02 bits per heavy atom. The van der Waals surface area contributed by atoms with Crippen LogP contribution >= 0.6 is 0 Å². The van der Waals surface area contributed by atoms with Crippen molar-refractivity contribution in [3.63, 3.8) is 0 Å². The van der Waals surface area contributed by atoms with Crippen LogP contribution in [0.4, 0.5) is 22.0 Å². The maximum absolute atomic E-state index is 14.0. The van der Waals surface area contributed by atoms with Crippen molar-refractivity contribution >= 4 is 17.5 Å². The summed E-state index contributed by atoms with van der Waals surface area (Å²) in [6.45, 7) is 0. The number of rotatable bonds is 9. The van der Waals surface area contributed by atoms with Crippen molar-refractivity contribution in [3.8, 4) is 0 Å². The quantitative estimate of drug-likeness (QED) is 0.375. The minimum atomic E-state index is -4.41. The van der Waals surface area contributed by atoms with Crippen molar-refractivity contribution in [1.29, 1.82) is 0 Å². The Morgan fingerprint density at radius 3 is 2.33 bits per heavy atom. The predicted octanol–water partition coefficient (Wildman–Crippen LogP) is 5.81. The second-order valence-corrected chi connectivity index (χ2v) is 12.4. The van der Waals surface area contributed by atoms with Crippen LogP contribution in [0.1, 0.15) is 100 Å². The lowest BCUT2D eigenvalue weighted by molar-refractivity contribution is -0.144. The average Bonchev–Trinajstić information content (AvgIpc) is 3.79. The van der Waals surface area contributed by atoms with Crippen LogP contribution in [0.2, 0.25) is 0 Å². The monoisotopic (exact) mass is 567 g/mol. The SMILES string of the molecule is O=C(CCC(F)(F)F)N[C@@H](c1cnn2cc([C@@H](NC(=O)[C@@H]3CC34CCC4)C3CCC(F)(F)CC3)nc2c1)C1CC1. The molecule has 12 heteroatoms. The molecule has 2 aromatic heterocycles. The van der Waals surface area contributed by atoms with Gasteiger partial charge in [-0.3, -0.25) is 9.59 Å². The number of carbonyl (C=O) groups is 2. The van der Waals surface area contributed by atoms with Crippen LogP contribution < -0.4 is 10.6 Å². The fourth-order valence-corrected chi connectivity index (χ4v) is 6.62. The van der Waals surface area contributed by atoms with E-state index in [4.69, 9.17) is 4.98 Å². The molecule has 2 aromatic rings. The van der Waals surface area contributed by atoms with Crippen LogP contribution in [0.15, 0.2) is 18.5 Å². The zero-order chi connectivity index (χ0) is 28.3. The van der Waals surface area contributed by atoms with Crippen LogP contribution in [0.5, 0.6) is 0 Å². The fraction of sp³-hybridized carbons (Fsp3) is 0.714. The zero-order valence-corrected chi connectivity index (χ0v) is 22.2. The number of carbonyl (C=O) groups excluding carboxylic acids is 2. The van der Waals surface area contributed by atoms with Crippen molar-refractivity contribution in [1.82, 2.24) is 25.2 Å². The van der Waals surface area contributed by atoms with Gasteiger partial charge in [-0.05, 0) is 73.8 Å². The number of nitrogens with one attached hydrogen (secondary N) is 2. The van der Waals surface area contributed by atoms with Gasteiger partial charge in [-0.2, -0.15) is 18.3 Å². The maximum Gasteiger partial charge on any atom is 0.389 e. The first-order valence-electron chi connectivity index (χ1n) is 14.3. The van der Waals surface area contributed by atoms with E-state index < -0.39 is 42.9 Å². The van der Waals surface area contributed by atoms with Crippen molar-refractivity contribution in [2.24, 2.45) is 23.2 Å². The molecule has 0 saturated heterocycles. The molecule has 2 N–H and O–H groups in total. The molecule has 0 bridgehead atoms. The van der Waals surface area contributed by atoms with Gasteiger partial charge in [-0.1, -0.05) is 6.42 Å². The Labute approximate surface area is 228 Å². The highest BCUT2D eigenvalue weighted by Crippen LogP contribution is 2.65. The van der Waals surface area contributed by atoms with E-state index in [0.717, 1.165) is 38.5 Å². The number of halogens is 5. The molecule has 3 atom stereocenters. The van der Waals surface area contributed by atoms with Crippen molar-refractivity contribution < 1.29 is 31.5 Å². The molecule has 2 heterocycles. The van der Waals surface area contributed by atoms with Gasteiger partial charge in [0.05, 0.1) is 36.6 Å². The van der Waals surface area contributed by atoms with E-state index in [1.54, 1.807) is 23.0 Å². The van der Waals surface area contributed by atoms with Gasteiger partial charge in [0, 0.05) is 25.2 Å². The average molecular weight is 568 g/mol.